The molecule has 1 aromatic carbocycles. The van der Waals surface area contributed by atoms with Crippen molar-refractivity contribution in [2.45, 2.75) is 23.1 Å². The average molecular weight is 291 g/mol. The lowest BCUT2D eigenvalue weighted by Crippen LogP contribution is -2.44. The Labute approximate surface area is 109 Å². The summed E-state index contributed by atoms with van der Waals surface area (Å²) in [5.74, 6) is -0.538. The number of hydrogen-bond acceptors (Lipinski definition) is 5. The second-order valence-electron chi connectivity index (χ2n) is 4.23. The zero-order valence-corrected chi connectivity index (χ0v) is 10.7. The van der Waals surface area contributed by atoms with Gasteiger partial charge in [0.1, 0.15) is 18.0 Å². The molecule has 6 nitrogen and oxygen atoms in total. The Morgan fingerprint density at radius 2 is 2.00 bits per heavy atom. The zero-order chi connectivity index (χ0) is 14.0. The van der Waals surface area contributed by atoms with Gasteiger partial charge in [0.15, 0.2) is 0 Å². The molecule has 1 aliphatic heterocycles. The summed E-state index contributed by atoms with van der Waals surface area (Å²) in [4.78, 5) is -0.103. The van der Waals surface area contributed by atoms with Crippen LogP contribution in [-0.4, -0.2) is 50.1 Å². The van der Waals surface area contributed by atoms with Crippen molar-refractivity contribution >= 4 is 10.0 Å². The molecule has 1 heterocycles. The molecule has 0 amide bonds. The van der Waals surface area contributed by atoms with Crippen LogP contribution in [0.1, 0.15) is 0 Å². The monoisotopic (exact) mass is 291 g/mol. The average Bonchev–Trinajstić information content (AvgIpc) is 2.70. The molecular formula is C11H14FNO5S. The summed E-state index contributed by atoms with van der Waals surface area (Å²) < 4.78 is 44.0. The summed E-state index contributed by atoms with van der Waals surface area (Å²) in [5.41, 5.74) is 0. The predicted molar refractivity (Wildman–Crippen MR) is 63.3 cm³/mol. The van der Waals surface area contributed by atoms with Crippen molar-refractivity contribution in [3.05, 3.63) is 30.1 Å². The molecule has 0 radical (unpaired) electrons. The van der Waals surface area contributed by atoms with Crippen LogP contribution in [0.5, 0.6) is 0 Å². The van der Waals surface area contributed by atoms with E-state index in [1.54, 1.807) is 0 Å². The molecule has 0 aromatic heterocycles. The zero-order valence-electron chi connectivity index (χ0n) is 9.86. The van der Waals surface area contributed by atoms with Crippen molar-refractivity contribution in [3.63, 3.8) is 0 Å². The Bertz CT molecular complexity index is 533. The SMILES string of the molecule is O=S(=O)(N[C@@H]1CO[C@H](CO)[C@H]1O)c1ccc(F)cc1. The van der Waals surface area contributed by atoms with E-state index in [1.165, 1.54) is 0 Å². The van der Waals surface area contributed by atoms with Crippen molar-refractivity contribution in [1.29, 1.82) is 0 Å². The fourth-order valence-electron chi connectivity index (χ4n) is 1.83. The fourth-order valence-corrected chi connectivity index (χ4v) is 3.07. The molecule has 1 fully saturated rings. The molecule has 1 saturated heterocycles. The van der Waals surface area contributed by atoms with E-state index in [4.69, 9.17) is 9.84 Å². The maximum atomic E-state index is 12.7. The number of aliphatic hydroxyl groups excluding tert-OH is 2. The highest BCUT2D eigenvalue weighted by molar-refractivity contribution is 7.89. The van der Waals surface area contributed by atoms with Gasteiger partial charge in [-0.1, -0.05) is 0 Å². The maximum Gasteiger partial charge on any atom is 0.240 e. The molecule has 3 atom stereocenters. The van der Waals surface area contributed by atoms with E-state index in [0.717, 1.165) is 24.3 Å². The van der Waals surface area contributed by atoms with Crippen LogP contribution >= 0.6 is 0 Å². The lowest BCUT2D eigenvalue weighted by atomic mass is 10.1. The van der Waals surface area contributed by atoms with Crippen molar-refractivity contribution in [1.82, 2.24) is 4.72 Å². The minimum Gasteiger partial charge on any atom is -0.394 e. The van der Waals surface area contributed by atoms with Crippen LogP contribution in [0.15, 0.2) is 29.2 Å². The van der Waals surface area contributed by atoms with Gasteiger partial charge in [-0.3, -0.25) is 0 Å². The number of sulfonamides is 1. The number of ether oxygens (including phenoxy) is 1. The van der Waals surface area contributed by atoms with Gasteiger partial charge in [0, 0.05) is 0 Å². The van der Waals surface area contributed by atoms with Crippen molar-refractivity contribution in [2.24, 2.45) is 0 Å². The number of hydrogen-bond donors (Lipinski definition) is 3. The van der Waals surface area contributed by atoms with Gasteiger partial charge in [0.05, 0.1) is 24.2 Å². The first-order valence-corrected chi connectivity index (χ1v) is 7.11. The lowest BCUT2D eigenvalue weighted by Gasteiger charge is -2.17. The van der Waals surface area contributed by atoms with Gasteiger partial charge in [-0.2, -0.15) is 0 Å². The third-order valence-electron chi connectivity index (χ3n) is 2.89. The summed E-state index contributed by atoms with van der Waals surface area (Å²) in [6.07, 6.45) is -1.93. The highest BCUT2D eigenvalue weighted by Crippen LogP contribution is 2.17. The Morgan fingerprint density at radius 3 is 2.53 bits per heavy atom. The number of nitrogens with one attached hydrogen (secondary N) is 1. The van der Waals surface area contributed by atoms with E-state index in [2.05, 4.69) is 4.72 Å². The lowest BCUT2D eigenvalue weighted by molar-refractivity contribution is 0.00311. The van der Waals surface area contributed by atoms with Gasteiger partial charge in [0.2, 0.25) is 10.0 Å². The summed E-state index contributed by atoms with van der Waals surface area (Å²) in [5, 5.41) is 18.6. The first-order valence-electron chi connectivity index (χ1n) is 5.62. The van der Waals surface area contributed by atoms with Crippen molar-refractivity contribution < 1.29 is 27.8 Å². The second kappa shape index (κ2) is 5.51. The maximum absolute atomic E-state index is 12.7. The first-order chi connectivity index (χ1) is 8.94. The van der Waals surface area contributed by atoms with E-state index in [0.29, 0.717) is 0 Å². The topological polar surface area (TPSA) is 95.9 Å². The van der Waals surface area contributed by atoms with Gasteiger partial charge >= 0.3 is 0 Å². The highest BCUT2D eigenvalue weighted by atomic mass is 32.2. The summed E-state index contributed by atoms with van der Waals surface area (Å²) in [6, 6.07) is 3.48. The van der Waals surface area contributed by atoms with Crippen LogP contribution < -0.4 is 4.72 Å². The molecule has 0 aliphatic carbocycles. The third kappa shape index (κ3) is 3.10. The van der Waals surface area contributed by atoms with E-state index < -0.39 is 40.7 Å². The van der Waals surface area contributed by atoms with Gasteiger partial charge < -0.3 is 14.9 Å². The summed E-state index contributed by atoms with van der Waals surface area (Å²) >= 11 is 0. The molecule has 8 heteroatoms. The van der Waals surface area contributed by atoms with Crippen LogP contribution in [0.4, 0.5) is 4.39 Å². The molecule has 3 N–H and O–H groups in total. The highest BCUT2D eigenvalue weighted by Gasteiger charge is 2.37. The van der Waals surface area contributed by atoms with Gasteiger partial charge in [-0.05, 0) is 24.3 Å². The molecule has 106 valence electrons. The second-order valence-corrected chi connectivity index (χ2v) is 5.94. The van der Waals surface area contributed by atoms with Crippen LogP contribution in [0, 0.1) is 5.82 Å². The molecule has 1 aliphatic rings. The van der Waals surface area contributed by atoms with Crippen LogP contribution in [0.3, 0.4) is 0 Å². The Balaban J connectivity index is 2.12. The Kier molecular flexibility index (Phi) is 4.16. The number of benzene rings is 1. The van der Waals surface area contributed by atoms with Crippen LogP contribution in [-0.2, 0) is 14.8 Å². The minimum atomic E-state index is -3.86. The molecule has 0 bridgehead atoms. The van der Waals surface area contributed by atoms with Crippen molar-refractivity contribution in [3.8, 4) is 0 Å². The van der Waals surface area contributed by atoms with Crippen molar-refractivity contribution in [2.75, 3.05) is 13.2 Å². The largest absolute Gasteiger partial charge is 0.394 e. The molecule has 0 unspecified atom stereocenters. The Hall–Kier alpha value is -1.06. The van der Waals surface area contributed by atoms with Crippen LogP contribution in [0.25, 0.3) is 0 Å². The van der Waals surface area contributed by atoms with E-state index in [-0.39, 0.29) is 11.5 Å². The molecule has 0 spiro atoms. The summed E-state index contributed by atoms with van der Waals surface area (Å²) in [7, 11) is -3.86. The number of rotatable bonds is 4. The molecule has 0 saturated carbocycles. The third-order valence-corrected chi connectivity index (χ3v) is 4.40. The fraction of sp³-hybridized carbons (Fsp3) is 0.455. The minimum absolute atomic E-state index is 0.0349. The molecule has 19 heavy (non-hydrogen) atoms. The Morgan fingerprint density at radius 1 is 1.37 bits per heavy atom. The first kappa shape index (κ1) is 14.4. The van der Waals surface area contributed by atoms with Gasteiger partial charge in [0.25, 0.3) is 0 Å². The van der Waals surface area contributed by atoms with Gasteiger partial charge in [-0.15, -0.1) is 0 Å². The standard InChI is InChI=1S/C11H14FNO5S/c12-7-1-3-8(4-2-7)19(16,17)13-9-6-18-10(5-14)11(9)15/h1-4,9-11,13-15H,5-6H2/t9-,10-,11+/m1/s1. The van der Waals surface area contributed by atoms with Crippen LogP contribution in [0.2, 0.25) is 0 Å². The smallest absolute Gasteiger partial charge is 0.240 e. The number of halogens is 1. The molecule has 1 aromatic rings. The van der Waals surface area contributed by atoms with E-state index in [1.807, 2.05) is 0 Å². The number of aliphatic hydroxyl groups is 2. The molecule has 2 rings (SSSR count). The quantitative estimate of drug-likeness (QED) is 0.676. The van der Waals surface area contributed by atoms with Gasteiger partial charge in [-0.25, -0.2) is 17.5 Å². The predicted octanol–water partition coefficient (Wildman–Crippen LogP) is -0.775. The van der Waals surface area contributed by atoms with E-state index in [9.17, 15) is 17.9 Å². The normalized spacial score (nSPS) is 27.6. The summed E-state index contributed by atoms with van der Waals surface area (Å²) in [6.45, 7) is -0.428. The molecular weight excluding hydrogens is 277 g/mol. The van der Waals surface area contributed by atoms with E-state index >= 15 is 0 Å².